The van der Waals surface area contributed by atoms with Crippen molar-refractivity contribution in [2.24, 2.45) is 0 Å². The normalized spacial score (nSPS) is 10.8. The highest BCUT2D eigenvalue weighted by molar-refractivity contribution is 9.10. The van der Waals surface area contributed by atoms with Gasteiger partial charge in [-0.25, -0.2) is 4.98 Å². The monoisotopic (exact) mass is 362 g/mol. The summed E-state index contributed by atoms with van der Waals surface area (Å²) in [6.45, 7) is 0. The van der Waals surface area contributed by atoms with Crippen LogP contribution in [0.2, 0.25) is 5.02 Å². The van der Waals surface area contributed by atoms with Gasteiger partial charge >= 0.3 is 0 Å². The summed E-state index contributed by atoms with van der Waals surface area (Å²) in [5, 5.41) is 7.89. The number of halogens is 2. The van der Waals surface area contributed by atoms with E-state index in [2.05, 4.69) is 31.1 Å². The van der Waals surface area contributed by atoms with Gasteiger partial charge < -0.3 is 5.73 Å². The molecule has 1 aromatic heterocycles. The number of aromatic nitrogens is 3. The molecule has 0 bridgehead atoms. The molecule has 0 amide bonds. The molecule has 4 nitrogen and oxygen atoms in total. The predicted octanol–water partition coefficient (Wildman–Crippen LogP) is 4.06. The average Bonchev–Trinajstić information content (AvgIpc) is 2.92. The maximum atomic E-state index is 5.99. The third-order valence-electron chi connectivity index (χ3n) is 3.06. The molecule has 0 aliphatic heterocycles. The molecule has 0 aliphatic carbocycles. The number of nitrogens with two attached hydrogens (primary N) is 1. The molecule has 3 rings (SSSR count). The highest BCUT2D eigenvalue weighted by Crippen LogP contribution is 2.24. The molecule has 0 radical (unpaired) electrons. The average molecular weight is 364 g/mol. The van der Waals surface area contributed by atoms with Crippen LogP contribution in [0, 0.1) is 0 Å². The molecule has 0 atom stereocenters. The van der Waals surface area contributed by atoms with Crippen LogP contribution in [0.25, 0.3) is 11.4 Å². The highest BCUT2D eigenvalue weighted by Gasteiger charge is 2.07. The second kappa shape index (κ2) is 5.87. The minimum atomic E-state index is 0.664. The molecule has 3 N–H and O–H groups in total. The molecule has 2 aromatic carbocycles. The number of aromatic amines is 1. The molecular weight excluding hydrogens is 352 g/mol. The molecule has 0 fully saturated rings. The van der Waals surface area contributed by atoms with E-state index in [0.29, 0.717) is 17.3 Å². The first-order chi connectivity index (χ1) is 10.1. The lowest BCUT2D eigenvalue weighted by molar-refractivity contribution is 0.972. The second-order valence-electron chi connectivity index (χ2n) is 4.65. The van der Waals surface area contributed by atoms with E-state index in [9.17, 15) is 0 Å². The van der Waals surface area contributed by atoms with Crippen LogP contribution in [-0.4, -0.2) is 15.2 Å². The summed E-state index contributed by atoms with van der Waals surface area (Å²) in [5.74, 6) is 1.47. The van der Waals surface area contributed by atoms with Gasteiger partial charge in [-0.2, -0.15) is 5.10 Å². The van der Waals surface area contributed by atoms with Gasteiger partial charge in [-0.05, 0) is 57.9 Å². The molecule has 106 valence electrons. The molecule has 0 saturated heterocycles. The van der Waals surface area contributed by atoms with E-state index >= 15 is 0 Å². The fraction of sp³-hybridized carbons (Fsp3) is 0.0667. The Labute approximate surface area is 135 Å². The summed E-state index contributed by atoms with van der Waals surface area (Å²) in [7, 11) is 0. The Morgan fingerprint density at radius 1 is 1.14 bits per heavy atom. The van der Waals surface area contributed by atoms with E-state index in [1.54, 1.807) is 0 Å². The molecule has 0 unspecified atom stereocenters. The second-order valence-corrected chi connectivity index (χ2v) is 5.91. The van der Waals surface area contributed by atoms with Gasteiger partial charge in [0.05, 0.1) is 5.02 Å². The molecule has 1 heterocycles. The van der Waals surface area contributed by atoms with Crippen LogP contribution < -0.4 is 5.73 Å². The van der Waals surface area contributed by atoms with Crippen molar-refractivity contribution in [3.05, 3.63) is 63.3 Å². The zero-order valence-corrected chi connectivity index (χ0v) is 13.3. The Kier molecular flexibility index (Phi) is 3.94. The standard InChI is InChI=1S/C15H12BrClN4/c16-12-7-9(1-6-13(12)17)8-14-19-15(21-20-14)10-2-4-11(18)5-3-10/h1-7H,8,18H2,(H,19,20,21). The Hall–Kier alpha value is -1.85. The molecule has 3 aromatic rings. The van der Waals surface area contributed by atoms with Gasteiger partial charge in [-0.1, -0.05) is 17.7 Å². The third kappa shape index (κ3) is 3.25. The molecular formula is C15H12BrClN4. The summed E-state index contributed by atoms with van der Waals surface area (Å²) < 4.78 is 0.875. The first-order valence-electron chi connectivity index (χ1n) is 6.33. The van der Waals surface area contributed by atoms with Crippen LogP contribution >= 0.6 is 27.5 Å². The van der Waals surface area contributed by atoms with Crippen molar-refractivity contribution in [2.75, 3.05) is 5.73 Å². The number of nitrogen functional groups attached to an aromatic ring is 1. The number of hydrogen-bond donors (Lipinski definition) is 2. The van der Waals surface area contributed by atoms with Crippen molar-refractivity contribution in [3.63, 3.8) is 0 Å². The zero-order chi connectivity index (χ0) is 14.8. The van der Waals surface area contributed by atoms with Gasteiger partial charge in [-0.3, -0.25) is 5.10 Å². The number of anilines is 1. The molecule has 21 heavy (non-hydrogen) atoms. The van der Waals surface area contributed by atoms with E-state index in [-0.39, 0.29) is 0 Å². The Morgan fingerprint density at radius 3 is 2.62 bits per heavy atom. The summed E-state index contributed by atoms with van der Waals surface area (Å²) in [6.07, 6.45) is 0.664. The quantitative estimate of drug-likeness (QED) is 0.690. The number of nitrogens with one attached hydrogen (secondary N) is 1. The van der Waals surface area contributed by atoms with Crippen molar-refractivity contribution in [2.45, 2.75) is 6.42 Å². The van der Waals surface area contributed by atoms with Gasteiger partial charge in [0.25, 0.3) is 0 Å². The van der Waals surface area contributed by atoms with Crippen molar-refractivity contribution < 1.29 is 0 Å². The van der Waals surface area contributed by atoms with Gasteiger partial charge in [0.2, 0.25) is 0 Å². The number of benzene rings is 2. The van der Waals surface area contributed by atoms with E-state index in [1.807, 2.05) is 42.5 Å². The molecule has 0 spiro atoms. The Balaban J connectivity index is 1.81. The van der Waals surface area contributed by atoms with E-state index in [4.69, 9.17) is 17.3 Å². The topological polar surface area (TPSA) is 67.6 Å². The van der Waals surface area contributed by atoms with Crippen molar-refractivity contribution in [3.8, 4) is 11.4 Å². The Bertz CT molecular complexity index is 768. The van der Waals surface area contributed by atoms with Crippen LogP contribution in [0.5, 0.6) is 0 Å². The van der Waals surface area contributed by atoms with Crippen molar-refractivity contribution >= 4 is 33.2 Å². The van der Waals surface area contributed by atoms with Crippen molar-refractivity contribution in [1.29, 1.82) is 0 Å². The lowest BCUT2D eigenvalue weighted by Crippen LogP contribution is -1.91. The largest absolute Gasteiger partial charge is 0.399 e. The minimum absolute atomic E-state index is 0.664. The number of rotatable bonds is 3. The molecule has 6 heteroatoms. The summed E-state index contributed by atoms with van der Waals surface area (Å²) in [5.41, 5.74) is 8.43. The predicted molar refractivity (Wildman–Crippen MR) is 88.2 cm³/mol. The van der Waals surface area contributed by atoms with Crippen molar-refractivity contribution in [1.82, 2.24) is 15.2 Å². The zero-order valence-electron chi connectivity index (χ0n) is 11.0. The van der Waals surface area contributed by atoms with Gasteiger partial charge in [0.15, 0.2) is 5.82 Å². The maximum absolute atomic E-state index is 5.99. The smallest absolute Gasteiger partial charge is 0.181 e. The maximum Gasteiger partial charge on any atom is 0.181 e. The Morgan fingerprint density at radius 2 is 1.90 bits per heavy atom. The summed E-state index contributed by atoms with van der Waals surface area (Å²) in [4.78, 5) is 4.50. The van der Waals surface area contributed by atoms with Crippen LogP contribution in [0.4, 0.5) is 5.69 Å². The van der Waals surface area contributed by atoms with Crippen LogP contribution in [0.3, 0.4) is 0 Å². The fourth-order valence-corrected chi connectivity index (χ4v) is 2.52. The lowest BCUT2D eigenvalue weighted by Gasteiger charge is -2.00. The number of hydrogen-bond acceptors (Lipinski definition) is 3. The van der Waals surface area contributed by atoms with E-state index in [1.165, 1.54) is 0 Å². The van der Waals surface area contributed by atoms with Crippen LogP contribution in [0.15, 0.2) is 46.9 Å². The molecule has 0 aliphatic rings. The third-order valence-corrected chi connectivity index (χ3v) is 4.27. The first-order valence-corrected chi connectivity index (χ1v) is 7.50. The van der Waals surface area contributed by atoms with E-state index in [0.717, 1.165) is 27.1 Å². The van der Waals surface area contributed by atoms with Gasteiger partial charge in [0.1, 0.15) is 5.82 Å². The molecule has 0 saturated carbocycles. The van der Waals surface area contributed by atoms with Crippen LogP contribution in [0.1, 0.15) is 11.4 Å². The van der Waals surface area contributed by atoms with Gasteiger partial charge in [-0.15, -0.1) is 0 Å². The fourth-order valence-electron chi connectivity index (χ4n) is 1.98. The summed E-state index contributed by atoms with van der Waals surface area (Å²) >= 11 is 9.41. The van der Waals surface area contributed by atoms with Crippen LogP contribution in [-0.2, 0) is 6.42 Å². The van der Waals surface area contributed by atoms with E-state index < -0.39 is 0 Å². The summed E-state index contributed by atoms with van der Waals surface area (Å²) in [6, 6.07) is 13.3. The highest BCUT2D eigenvalue weighted by atomic mass is 79.9. The number of nitrogens with zero attached hydrogens (tertiary/aromatic N) is 2. The van der Waals surface area contributed by atoms with Gasteiger partial charge in [0, 0.05) is 22.1 Å². The lowest BCUT2D eigenvalue weighted by atomic mass is 10.1. The first kappa shape index (κ1) is 14.1. The minimum Gasteiger partial charge on any atom is -0.399 e. The SMILES string of the molecule is Nc1ccc(-c2n[nH]c(Cc3ccc(Cl)c(Br)c3)n2)cc1. The number of H-pyrrole nitrogens is 1.